The van der Waals surface area contributed by atoms with Crippen LogP contribution in [0.2, 0.25) is 0 Å². The van der Waals surface area contributed by atoms with Gasteiger partial charge >= 0.3 is 0 Å². The molecule has 1 amide bonds. The molecule has 0 spiro atoms. The zero-order valence-electron chi connectivity index (χ0n) is 21.3. The molecule has 196 valence electrons. The first-order chi connectivity index (χ1) is 18.3. The van der Waals surface area contributed by atoms with Crippen LogP contribution < -0.4 is 19.1 Å². The number of aryl methyl sites for hydroxylation is 1. The van der Waals surface area contributed by atoms with Gasteiger partial charge in [0.25, 0.3) is 10.0 Å². The fourth-order valence-electron chi connectivity index (χ4n) is 3.78. The highest BCUT2D eigenvalue weighted by Gasteiger charge is 2.27. The van der Waals surface area contributed by atoms with E-state index in [2.05, 4.69) is 5.32 Å². The van der Waals surface area contributed by atoms with E-state index in [0.29, 0.717) is 30.2 Å². The molecule has 0 aliphatic rings. The third-order valence-electron chi connectivity index (χ3n) is 5.89. The monoisotopic (exact) mass is 530 g/mol. The first-order valence-corrected chi connectivity index (χ1v) is 13.6. The van der Waals surface area contributed by atoms with Crippen LogP contribution in [-0.4, -0.2) is 34.5 Å². The van der Waals surface area contributed by atoms with Crippen LogP contribution in [0, 0.1) is 6.92 Å². The van der Waals surface area contributed by atoms with Gasteiger partial charge in [0.05, 0.1) is 17.7 Å². The highest BCUT2D eigenvalue weighted by Crippen LogP contribution is 2.28. The van der Waals surface area contributed by atoms with Gasteiger partial charge in [-0.05, 0) is 79.6 Å². The zero-order chi connectivity index (χ0) is 27.0. The second kappa shape index (κ2) is 12.3. The van der Waals surface area contributed by atoms with Crippen LogP contribution >= 0.6 is 0 Å². The van der Waals surface area contributed by atoms with Crippen LogP contribution in [-0.2, 0) is 21.2 Å². The molecule has 38 heavy (non-hydrogen) atoms. The number of hydrogen-bond acceptors (Lipinski definition) is 5. The lowest BCUT2D eigenvalue weighted by atomic mass is 10.1. The largest absolute Gasteiger partial charge is 0.497 e. The van der Waals surface area contributed by atoms with Crippen molar-refractivity contribution in [2.75, 3.05) is 24.5 Å². The Bertz CT molecular complexity index is 1440. The van der Waals surface area contributed by atoms with Gasteiger partial charge in [0.2, 0.25) is 5.91 Å². The molecule has 1 N–H and O–H groups in total. The van der Waals surface area contributed by atoms with Crippen LogP contribution in [0.25, 0.3) is 0 Å². The van der Waals surface area contributed by atoms with E-state index in [1.54, 1.807) is 55.6 Å². The van der Waals surface area contributed by atoms with Gasteiger partial charge in [-0.2, -0.15) is 0 Å². The molecule has 0 aliphatic heterocycles. The number of hydrogen-bond donors (Lipinski definition) is 1. The SMILES string of the molecule is COc1ccc(CCNC(=O)CN(c2ccc(Oc3ccccc3)cc2)S(=O)(=O)c2ccc(C)cc2)cc1. The number of sulfonamides is 1. The number of para-hydroxylation sites is 1. The predicted molar refractivity (Wildman–Crippen MR) is 148 cm³/mol. The smallest absolute Gasteiger partial charge is 0.264 e. The van der Waals surface area contributed by atoms with E-state index in [-0.39, 0.29) is 11.4 Å². The second-order valence-corrected chi connectivity index (χ2v) is 10.5. The molecule has 0 heterocycles. The molecule has 4 aromatic rings. The van der Waals surface area contributed by atoms with Crippen molar-refractivity contribution >= 4 is 21.6 Å². The van der Waals surface area contributed by atoms with Crippen molar-refractivity contribution in [1.82, 2.24) is 5.32 Å². The molecule has 0 aromatic heterocycles. The van der Waals surface area contributed by atoms with E-state index in [1.807, 2.05) is 61.5 Å². The molecule has 0 bridgehead atoms. The maximum Gasteiger partial charge on any atom is 0.264 e. The third kappa shape index (κ3) is 6.92. The number of amides is 1. The van der Waals surface area contributed by atoms with Gasteiger partial charge in [-0.15, -0.1) is 0 Å². The maximum atomic E-state index is 13.6. The number of benzene rings is 4. The summed E-state index contributed by atoms with van der Waals surface area (Å²) in [5, 5.41) is 2.84. The minimum absolute atomic E-state index is 0.110. The van der Waals surface area contributed by atoms with Gasteiger partial charge in [-0.25, -0.2) is 8.42 Å². The van der Waals surface area contributed by atoms with Crippen molar-refractivity contribution in [3.8, 4) is 17.2 Å². The number of ether oxygens (including phenoxy) is 2. The van der Waals surface area contributed by atoms with Gasteiger partial charge in [0.1, 0.15) is 23.8 Å². The van der Waals surface area contributed by atoms with Crippen molar-refractivity contribution in [1.29, 1.82) is 0 Å². The van der Waals surface area contributed by atoms with Crippen LogP contribution in [0.4, 0.5) is 5.69 Å². The summed E-state index contributed by atoms with van der Waals surface area (Å²) in [7, 11) is -2.40. The number of rotatable bonds is 11. The Kier molecular flexibility index (Phi) is 8.66. The summed E-state index contributed by atoms with van der Waals surface area (Å²) in [4.78, 5) is 13.0. The number of anilines is 1. The Morgan fingerprint density at radius 3 is 2.03 bits per heavy atom. The summed E-state index contributed by atoms with van der Waals surface area (Å²) in [6, 6.07) is 30.1. The minimum Gasteiger partial charge on any atom is -0.497 e. The average Bonchev–Trinajstić information content (AvgIpc) is 2.93. The molecule has 0 aliphatic carbocycles. The predicted octanol–water partition coefficient (Wildman–Crippen LogP) is 5.35. The van der Waals surface area contributed by atoms with E-state index in [9.17, 15) is 13.2 Å². The minimum atomic E-state index is -4.00. The maximum absolute atomic E-state index is 13.6. The van der Waals surface area contributed by atoms with E-state index in [0.717, 1.165) is 21.2 Å². The van der Waals surface area contributed by atoms with Gasteiger partial charge in [-0.3, -0.25) is 9.10 Å². The molecule has 0 unspecified atom stereocenters. The zero-order valence-corrected chi connectivity index (χ0v) is 22.1. The standard InChI is InChI=1S/C30H30N2O5S/c1-23-8-18-29(19-9-23)38(34,35)32(22-30(33)31-21-20-24-10-14-26(36-2)15-11-24)25-12-16-28(17-13-25)37-27-6-4-3-5-7-27/h3-19H,20-22H2,1-2H3,(H,31,33). The molecule has 0 radical (unpaired) electrons. The van der Waals surface area contributed by atoms with Crippen molar-refractivity contribution in [2.24, 2.45) is 0 Å². The van der Waals surface area contributed by atoms with E-state index >= 15 is 0 Å². The Balaban J connectivity index is 1.50. The van der Waals surface area contributed by atoms with Gasteiger partial charge in [0, 0.05) is 6.54 Å². The third-order valence-corrected chi connectivity index (χ3v) is 7.68. The Morgan fingerprint density at radius 2 is 1.39 bits per heavy atom. The summed E-state index contributed by atoms with van der Waals surface area (Å²) in [6.07, 6.45) is 0.603. The molecule has 4 aromatic carbocycles. The molecular weight excluding hydrogens is 500 g/mol. The van der Waals surface area contributed by atoms with Gasteiger partial charge < -0.3 is 14.8 Å². The lowest BCUT2D eigenvalue weighted by Gasteiger charge is -2.24. The van der Waals surface area contributed by atoms with Crippen LogP contribution in [0.5, 0.6) is 17.2 Å². The molecule has 0 saturated carbocycles. The molecule has 7 nitrogen and oxygen atoms in total. The Morgan fingerprint density at radius 1 is 0.789 bits per heavy atom. The van der Waals surface area contributed by atoms with Crippen LogP contribution in [0.3, 0.4) is 0 Å². The van der Waals surface area contributed by atoms with Crippen molar-refractivity contribution in [3.05, 3.63) is 114 Å². The lowest BCUT2D eigenvalue weighted by Crippen LogP contribution is -2.41. The summed E-state index contributed by atoms with van der Waals surface area (Å²) in [6.45, 7) is 1.89. The summed E-state index contributed by atoms with van der Waals surface area (Å²) in [5.41, 5.74) is 2.33. The van der Waals surface area contributed by atoms with Crippen molar-refractivity contribution < 1.29 is 22.7 Å². The van der Waals surface area contributed by atoms with Crippen LogP contribution in [0.1, 0.15) is 11.1 Å². The molecule has 8 heteroatoms. The van der Waals surface area contributed by atoms with E-state index < -0.39 is 15.9 Å². The first-order valence-electron chi connectivity index (χ1n) is 12.2. The Hall–Kier alpha value is -4.30. The fourth-order valence-corrected chi connectivity index (χ4v) is 5.20. The second-order valence-electron chi connectivity index (χ2n) is 8.68. The summed E-state index contributed by atoms with van der Waals surface area (Å²) in [5.74, 6) is 1.57. The van der Waals surface area contributed by atoms with Crippen molar-refractivity contribution in [3.63, 3.8) is 0 Å². The highest BCUT2D eigenvalue weighted by atomic mass is 32.2. The van der Waals surface area contributed by atoms with E-state index in [1.165, 1.54) is 0 Å². The molecule has 0 atom stereocenters. The first kappa shape index (κ1) is 26.8. The topological polar surface area (TPSA) is 84.9 Å². The summed E-state index contributed by atoms with van der Waals surface area (Å²) < 4.78 is 39.3. The number of nitrogens with one attached hydrogen (secondary N) is 1. The lowest BCUT2D eigenvalue weighted by molar-refractivity contribution is -0.119. The average molecular weight is 531 g/mol. The fraction of sp³-hybridized carbons (Fsp3) is 0.167. The quantitative estimate of drug-likeness (QED) is 0.283. The number of carbonyl (C=O) groups is 1. The number of carbonyl (C=O) groups excluding carboxylic acids is 1. The van der Waals surface area contributed by atoms with Gasteiger partial charge in [-0.1, -0.05) is 48.0 Å². The molecule has 0 fully saturated rings. The Labute approximate surface area is 223 Å². The number of nitrogens with zero attached hydrogens (tertiary/aromatic N) is 1. The molecule has 0 saturated heterocycles. The molecular formula is C30H30N2O5S. The molecule has 4 rings (SSSR count). The van der Waals surface area contributed by atoms with Crippen molar-refractivity contribution in [2.45, 2.75) is 18.2 Å². The summed E-state index contributed by atoms with van der Waals surface area (Å²) >= 11 is 0. The van der Waals surface area contributed by atoms with Gasteiger partial charge in [0.15, 0.2) is 0 Å². The highest BCUT2D eigenvalue weighted by molar-refractivity contribution is 7.92. The van der Waals surface area contributed by atoms with Crippen LogP contribution in [0.15, 0.2) is 108 Å². The van der Waals surface area contributed by atoms with E-state index in [4.69, 9.17) is 9.47 Å². The normalized spacial score (nSPS) is 11.0. The number of methoxy groups -OCH3 is 1.